The number of fused-ring (bicyclic) bond motifs is 1. The second-order valence-corrected chi connectivity index (χ2v) is 10.5. The van der Waals surface area contributed by atoms with Gasteiger partial charge in [0, 0.05) is 25.8 Å². The number of benzene rings is 2. The van der Waals surface area contributed by atoms with Crippen LogP contribution in [0.25, 0.3) is 21.9 Å². The number of unbranched alkanes of at least 4 members (excludes halogenated alkanes) is 6. The van der Waals surface area contributed by atoms with Crippen molar-refractivity contribution in [1.29, 1.82) is 0 Å². The van der Waals surface area contributed by atoms with E-state index in [1.54, 1.807) is 5.30 Å². The van der Waals surface area contributed by atoms with E-state index in [0.29, 0.717) is 0 Å². The van der Waals surface area contributed by atoms with E-state index < -0.39 is 0 Å². The van der Waals surface area contributed by atoms with Crippen LogP contribution in [0.1, 0.15) is 65.2 Å². The zero-order valence-corrected chi connectivity index (χ0v) is 25.2. The van der Waals surface area contributed by atoms with Crippen molar-refractivity contribution in [2.45, 2.75) is 65.2 Å². The Morgan fingerprint density at radius 2 is 1.32 bits per heavy atom. The van der Waals surface area contributed by atoms with Crippen LogP contribution in [0.5, 0.6) is 0 Å². The van der Waals surface area contributed by atoms with Crippen molar-refractivity contribution in [3.8, 4) is 11.1 Å². The molecule has 0 aromatic heterocycles. The van der Waals surface area contributed by atoms with Crippen molar-refractivity contribution in [3.05, 3.63) is 60.7 Å². The van der Waals surface area contributed by atoms with Crippen molar-refractivity contribution in [2.24, 2.45) is 0 Å². The molecule has 0 unspecified atom stereocenters. The third-order valence-electron chi connectivity index (χ3n) is 5.75. The summed E-state index contributed by atoms with van der Waals surface area (Å²) in [6.07, 6.45) is 13.9. The first-order valence-corrected chi connectivity index (χ1v) is 13.0. The Hall–Kier alpha value is -0.0699. The molecule has 4 heteroatoms. The molecule has 0 amide bonds. The maximum absolute atomic E-state index is 2.53. The zero-order chi connectivity index (χ0) is 19.6. The Morgan fingerprint density at radius 3 is 1.90 bits per heavy atom. The van der Waals surface area contributed by atoms with Crippen molar-refractivity contribution in [2.75, 3.05) is 12.3 Å². The molecular formula is C27H38Cl2HfP-. The van der Waals surface area contributed by atoms with Crippen LogP contribution >= 0.6 is 32.7 Å². The van der Waals surface area contributed by atoms with Gasteiger partial charge in [-0.25, -0.2) is 0 Å². The Kier molecular flexibility index (Phi) is 17.4. The minimum Gasteiger partial charge on any atom is -0.160 e. The summed E-state index contributed by atoms with van der Waals surface area (Å²) in [4.78, 5) is 0. The molecule has 0 saturated heterocycles. The molecule has 0 bridgehead atoms. The smallest absolute Gasteiger partial charge is 0 e. The Morgan fingerprint density at radius 1 is 0.710 bits per heavy atom. The van der Waals surface area contributed by atoms with E-state index in [-0.39, 0.29) is 58.6 Å². The fourth-order valence-electron chi connectivity index (χ4n) is 4.10. The molecule has 0 saturated carbocycles. The number of hydrogen-bond acceptors (Lipinski definition) is 0. The molecule has 31 heavy (non-hydrogen) atoms. The van der Waals surface area contributed by atoms with E-state index in [4.69, 9.17) is 0 Å². The van der Waals surface area contributed by atoms with Crippen molar-refractivity contribution in [3.63, 3.8) is 0 Å². The molecule has 3 rings (SSSR count). The van der Waals surface area contributed by atoms with Crippen LogP contribution in [0.15, 0.2) is 60.7 Å². The van der Waals surface area contributed by atoms with E-state index in [2.05, 4.69) is 74.5 Å². The molecular weight excluding hydrogens is 605 g/mol. The van der Waals surface area contributed by atoms with Gasteiger partial charge in [0.25, 0.3) is 0 Å². The Balaban J connectivity index is 0.00000300. The summed E-state index contributed by atoms with van der Waals surface area (Å²) in [6.45, 7) is 4.62. The largest absolute Gasteiger partial charge is 0.160 e. The average molecular weight is 643 g/mol. The first kappa shape index (κ1) is 30.9. The van der Waals surface area contributed by atoms with Crippen LogP contribution < -0.4 is 5.30 Å². The molecule has 0 fully saturated rings. The van der Waals surface area contributed by atoms with Crippen molar-refractivity contribution >= 4 is 48.8 Å². The predicted molar refractivity (Wildman–Crippen MR) is 144 cm³/mol. The van der Waals surface area contributed by atoms with Gasteiger partial charge in [-0.15, -0.1) is 59.1 Å². The monoisotopic (exact) mass is 643 g/mol. The number of halogens is 2. The molecule has 170 valence electrons. The van der Waals surface area contributed by atoms with Gasteiger partial charge in [0.2, 0.25) is 0 Å². The number of hydrogen-bond donors (Lipinski definition) is 0. The van der Waals surface area contributed by atoms with E-state index >= 15 is 0 Å². The SMILES string of the molecule is CCCCCCP(CCCCCC)c1cc2c(-c3ccccc3)cccc2[cH-]1.Cl.Cl.[Hf]. The van der Waals surface area contributed by atoms with E-state index in [1.807, 2.05) is 0 Å². The van der Waals surface area contributed by atoms with Gasteiger partial charge in [0.15, 0.2) is 0 Å². The molecule has 0 aliphatic heterocycles. The topological polar surface area (TPSA) is 0 Å². The van der Waals surface area contributed by atoms with Crippen LogP contribution in [0, 0.1) is 0 Å². The summed E-state index contributed by atoms with van der Waals surface area (Å²) in [7, 11) is -0.0171. The molecule has 0 aliphatic rings. The van der Waals surface area contributed by atoms with Crippen LogP contribution in [0.3, 0.4) is 0 Å². The fourth-order valence-corrected chi connectivity index (χ4v) is 6.68. The second-order valence-electron chi connectivity index (χ2n) is 8.00. The van der Waals surface area contributed by atoms with E-state index in [9.17, 15) is 0 Å². The van der Waals surface area contributed by atoms with Gasteiger partial charge in [0.1, 0.15) is 0 Å². The molecule has 0 atom stereocenters. The first-order valence-electron chi connectivity index (χ1n) is 11.3. The molecule has 3 aromatic rings. The van der Waals surface area contributed by atoms with E-state index in [0.717, 1.165) is 0 Å². The van der Waals surface area contributed by atoms with Crippen LogP contribution in [-0.4, -0.2) is 12.3 Å². The maximum atomic E-state index is 2.53. The van der Waals surface area contributed by atoms with Gasteiger partial charge in [-0.3, -0.25) is 0 Å². The fraction of sp³-hybridized carbons (Fsp3) is 0.444. The standard InChI is InChI=1S/C27H36P.2ClH.Hf/c1-3-5-7-12-19-28(20-13-8-6-4-2)25-21-24-17-14-18-26(27(24)22-25)23-15-10-9-11-16-23;;;/h9-11,14-18,21-22H,3-8,12-13,19-20H2,1-2H3;2*1H;/q-1;;;. The molecule has 3 aromatic carbocycles. The summed E-state index contributed by atoms with van der Waals surface area (Å²) < 4.78 is 0. The molecule has 0 radical (unpaired) electrons. The van der Waals surface area contributed by atoms with E-state index in [1.165, 1.54) is 85.6 Å². The van der Waals surface area contributed by atoms with Gasteiger partial charge in [0.05, 0.1) is 0 Å². The average Bonchev–Trinajstić information content (AvgIpc) is 3.17. The summed E-state index contributed by atoms with van der Waals surface area (Å²) in [5.74, 6) is 0. The molecule has 0 N–H and O–H groups in total. The third-order valence-corrected chi connectivity index (χ3v) is 8.45. The van der Waals surface area contributed by atoms with Gasteiger partial charge in [-0.05, 0) is 30.7 Å². The van der Waals surface area contributed by atoms with Gasteiger partial charge >= 0.3 is 0 Å². The summed E-state index contributed by atoms with van der Waals surface area (Å²) in [5, 5.41) is 4.51. The molecule has 0 spiro atoms. The van der Waals surface area contributed by atoms with Crippen LogP contribution in [0.2, 0.25) is 0 Å². The minimum absolute atomic E-state index is 0. The summed E-state index contributed by atoms with van der Waals surface area (Å²) >= 11 is 0. The zero-order valence-electron chi connectivity index (χ0n) is 19.1. The van der Waals surface area contributed by atoms with Gasteiger partial charge < -0.3 is 0 Å². The molecule has 0 aliphatic carbocycles. The quantitative estimate of drug-likeness (QED) is 0.0800. The second kappa shape index (κ2) is 17.4. The van der Waals surface area contributed by atoms with Gasteiger partial charge in [-0.2, -0.15) is 6.07 Å². The first-order chi connectivity index (χ1) is 13.8. The normalized spacial score (nSPS) is 10.4. The molecule has 0 heterocycles. The Bertz CT molecular complexity index is 820. The number of rotatable bonds is 12. The molecule has 0 nitrogen and oxygen atoms in total. The summed E-state index contributed by atoms with van der Waals surface area (Å²) in [6, 6.07) is 22.7. The van der Waals surface area contributed by atoms with Crippen molar-refractivity contribution in [1.82, 2.24) is 0 Å². The third kappa shape index (κ3) is 9.37. The van der Waals surface area contributed by atoms with Crippen LogP contribution in [0.4, 0.5) is 0 Å². The summed E-state index contributed by atoms with van der Waals surface area (Å²) in [5.41, 5.74) is 2.72. The van der Waals surface area contributed by atoms with Gasteiger partial charge in [-0.1, -0.05) is 102 Å². The van der Waals surface area contributed by atoms with Crippen molar-refractivity contribution < 1.29 is 25.8 Å². The minimum atomic E-state index is -0.0171. The Labute approximate surface area is 222 Å². The maximum Gasteiger partial charge on any atom is 0 e. The predicted octanol–water partition coefficient (Wildman–Crippen LogP) is 9.33. The van der Waals surface area contributed by atoms with Crippen LogP contribution in [-0.2, 0) is 25.8 Å².